The Kier molecular flexibility index (Phi) is 19.1. The summed E-state index contributed by atoms with van der Waals surface area (Å²) in [7, 11) is -19.3. The van der Waals surface area contributed by atoms with Crippen molar-refractivity contribution in [3.05, 3.63) is 87.5 Å². The minimum atomic E-state index is -10.7. The molecule has 1 aliphatic carbocycles. The van der Waals surface area contributed by atoms with Gasteiger partial charge in [0.25, 0.3) is 5.56 Å². The van der Waals surface area contributed by atoms with Gasteiger partial charge in [-0.15, -0.1) is 0 Å². The van der Waals surface area contributed by atoms with Crippen molar-refractivity contribution in [3.63, 3.8) is 0 Å². The number of aliphatic hydroxyl groups excluding tert-OH is 2. The second-order valence-electron chi connectivity index (χ2n) is 9.04. The minimum Gasteiger partial charge on any atom is -0.329 e. The summed E-state index contributed by atoms with van der Waals surface area (Å²) in [5.41, 5.74) is 21.7. The fourth-order valence-corrected chi connectivity index (χ4v) is 3.42. The smallest absolute Gasteiger partial charge is 0.329 e. The molecule has 0 amide bonds. The van der Waals surface area contributed by atoms with Gasteiger partial charge in [0.1, 0.15) is 0 Å². The van der Waals surface area contributed by atoms with Crippen molar-refractivity contribution < 1.29 is 80.1 Å². The number of H-pyrrole nitrogens is 1. The number of anilines is 1. The number of halogens is 12. The number of aryl methyl sites for hydroxylation is 1. The molecule has 2 aromatic carbocycles. The van der Waals surface area contributed by atoms with Crippen LogP contribution < -0.4 is 22.8 Å². The van der Waals surface area contributed by atoms with Crippen molar-refractivity contribution in [2.75, 3.05) is 33.0 Å². The van der Waals surface area contributed by atoms with Crippen LogP contribution in [0.4, 0.5) is 56.3 Å². The van der Waals surface area contributed by atoms with Gasteiger partial charge in [-0.3, -0.25) is 9.78 Å². The van der Waals surface area contributed by atoms with Gasteiger partial charge in [0, 0.05) is 33.9 Å². The normalized spacial score (nSPS) is 13.8. The topological polar surface area (TPSA) is 182 Å². The van der Waals surface area contributed by atoms with E-state index >= 15 is 0 Å². The molecule has 0 bridgehead atoms. The summed E-state index contributed by atoms with van der Waals surface area (Å²) < 4.78 is 120. The average molecular weight is 875 g/mol. The standard InChI is InChI=1S/C14H12.C7H9N5O.C2H8N2.2CH4O.2F6P.Ru/c1-2-6-12-10-14-8-4-3-7-13(14)9-11(12)5-1;1-2-12-3-9-4-5(12)10-7(8)11-6(4)13;3-1-2-4;2*1-2;2*1-7(2,3,4,5)6;/h1-8H,9-10H2;3H,2H2,1H3,(H3,8,10,11,13);1-4H2;2*2H,1H3;;;/q;;;;;2*-1;+4. The van der Waals surface area contributed by atoms with E-state index in [0.29, 0.717) is 30.8 Å². The number of nitrogens with two attached hydrogens (primary N) is 3. The van der Waals surface area contributed by atoms with Crippen molar-refractivity contribution in [3.8, 4) is 0 Å². The Morgan fingerprint density at radius 1 is 0.720 bits per heavy atom. The zero-order valence-corrected chi connectivity index (χ0v) is 29.9. The number of nitrogen functional groups attached to an aromatic ring is 1. The predicted octanol–water partition coefficient (Wildman–Crippen LogP) is 7.79. The number of hydrogen-bond donors (Lipinski definition) is 6. The second kappa shape index (κ2) is 18.5. The maximum absolute atomic E-state index is 11.3. The third kappa shape index (κ3) is 28.9. The number of benzene rings is 2. The van der Waals surface area contributed by atoms with E-state index in [0.717, 1.165) is 27.1 Å². The molecule has 0 fully saturated rings. The molecule has 25 heteroatoms. The molecule has 0 radical (unpaired) electrons. The van der Waals surface area contributed by atoms with Crippen molar-refractivity contribution in [2.45, 2.75) is 26.3 Å². The Morgan fingerprint density at radius 2 is 1.02 bits per heavy atom. The van der Waals surface area contributed by atoms with Gasteiger partial charge in [0.15, 0.2) is 11.2 Å². The number of rotatable bonds is 2. The Hall–Kier alpha value is -2.93. The molecule has 0 atom stereocenters. The van der Waals surface area contributed by atoms with Crippen LogP contribution in [-0.4, -0.2) is 57.0 Å². The molecule has 2 heterocycles. The Labute approximate surface area is 290 Å². The first-order valence-electron chi connectivity index (χ1n) is 13.2. The summed E-state index contributed by atoms with van der Waals surface area (Å²) in [5.74, 6) is 0.118. The summed E-state index contributed by atoms with van der Waals surface area (Å²) >= 11 is 0. The van der Waals surface area contributed by atoms with Crippen LogP contribution in [0.25, 0.3) is 11.2 Å². The predicted molar refractivity (Wildman–Crippen MR) is 168 cm³/mol. The molecule has 0 aliphatic heterocycles. The first-order chi connectivity index (χ1) is 22.0. The molecule has 0 spiro atoms. The molecule has 290 valence electrons. The van der Waals surface area contributed by atoms with E-state index in [4.69, 9.17) is 27.4 Å². The monoisotopic (exact) mass is 875 g/mol. The van der Waals surface area contributed by atoms with Gasteiger partial charge in [-0.2, -0.15) is 4.98 Å². The Bertz CT molecular complexity index is 1520. The maximum atomic E-state index is 11.3. The molecule has 50 heavy (non-hydrogen) atoms. The largest absolute Gasteiger partial charge is 4.00 e. The average Bonchev–Trinajstić information content (AvgIpc) is 3.38. The zero-order valence-electron chi connectivity index (χ0n) is 26.4. The fraction of sp³-hybridized carbons (Fsp3) is 0.320. The minimum absolute atomic E-state index is 0. The van der Waals surface area contributed by atoms with Crippen LogP contribution in [0.1, 0.15) is 29.2 Å². The molecule has 0 unspecified atom stereocenters. The van der Waals surface area contributed by atoms with Crippen molar-refractivity contribution >= 4 is 32.7 Å². The molecule has 10 nitrogen and oxygen atoms in total. The number of aromatic amines is 1. The van der Waals surface area contributed by atoms with Crippen LogP contribution in [0.15, 0.2) is 59.7 Å². The quantitative estimate of drug-likeness (QED) is 0.0591. The van der Waals surface area contributed by atoms with Crippen LogP contribution in [0.3, 0.4) is 0 Å². The summed E-state index contributed by atoms with van der Waals surface area (Å²) in [6.07, 6.45) is 3.78. The fourth-order valence-electron chi connectivity index (χ4n) is 3.42. The van der Waals surface area contributed by atoms with Gasteiger partial charge >= 0.3 is 85.5 Å². The molecule has 0 saturated heterocycles. The summed E-state index contributed by atoms with van der Waals surface area (Å²) in [6, 6.07) is 17.5. The molecule has 5 rings (SSSR count). The van der Waals surface area contributed by atoms with E-state index in [1.54, 1.807) is 10.9 Å². The van der Waals surface area contributed by atoms with E-state index in [-0.39, 0.29) is 31.0 Å². The first kappa shape index (κ1) is 51.4. The van der Waals surface area contributed by atoms with E-state index in [2.05, 4.69) is 63.5 Å². The maximum Gasteiger partial charge on any atom is 4.00 e. The number of aliphatic hydroxyl groups is 2. The van der Waals surface area contributed by atoms with Crippen LogP contribution in [0.2, 0.25) is 0 Å². The van der Waals surface area contributed by atoms with Crippen LogP contribution in [0, 0.1) is 0 Å². The van der Waals surface area contributed by atoms with Gasteiger partial charge in [-0.25, -0.2) is 4.98 Å². The van der Waals surface area contributed by atoms with Crippen molar-refractivity contribution in [1.82, 2.24) is 19.5 Å². The molecular weight excluding hydrogens is 837 g/mol. The van der Waals surface area contributed by atoms with Gasteiger partial charge in [-0.1, -0.05) is 48.5 Å². The molecule has 9 N–H and O–H groups in total. The summed E-state index contributed by atoms with van der Waals surface area (Å²) in [4.78, 5) is 21.6. The van der Waals surface area contributed by atoms with Gasteiger partial charge in [0.05, 0.1) is 6.33 Å². The third-order valence-electron chi connectivity index (χ3n) is 5.00. The van der Waals surface area contributed by atoms with Gasteiger partial charge < -0.3 is 32.0 Å². The molecule has 2 aromatic heterocycles. The van der Waals surface area contributed by atoms with E-state index in [1.807, 2.05) is 6.92 Å². The number of fused-ring (bicyclic) bond motifs is 3. The molecule has 1 aliphatic rings. The molecular formula is C25H37F12N7O3P2Ru+2. The van der Waals surface area contributed by atoms with Crippen molar-refractivity contribution in [2.24, 2.45) is 11.5 Å². The van der Waals surface area contributed by atoms with E-state index in [9.17, 15) is 55.2 Å². The first-order valence-corrected chi connectivity index (χ1v) is 17.3. The summed E-state index contributed by atoms with van der Waals surface area (Å²) in [5, 5.41) is 14.0. The van der Waals surface area contributed by atoms with E-state index < -0.39 is 15.6 Å². The number of nitrogens with one attached hydrogen (secondary N) is 1. The number of hydrogen-bond acceptors (Lipinski definition) is 8. The van der Waals surface area contributed by atoms with Crippen molar-refractivity contribution in [1.29, 1.82) is 0 Å². The van der Waals surface area contributed by atoms with E-state index in [1.165, 1.54) is 22.3 Å². The Morgan fingerprint density at radius 3 is 1.28 bits per heavy atom. The Balaban J connectivity index is -0.000000568. The van der Waals surface area contributed by atoms with Gasteiger partial charge in [-0.05, 0) is 42.0 Å². The van der Waals surface area contributed by atoms with Crippen LogP contribution in [-0.2, 0) is 38.9 Å². The number of aromatic nitrogens is 4. The van der Waals surface area contributed by atoms with Gasteiger partial charge in [0.2, 0.25) is 5.95 Å². The molecule has 0 saturated carbocycles. The number of nitrogens with zero attached hydrogens (tertiary/aromatic N) is 3. The zero-order chi connectivity index (χ0) is 39.0. The van der Waals surface area contributed by atoms with Crippen LogP contribution in [0.5, 0.6) is 0 Å². The third-order valence-corrected chi connectivity index (χ3v) is 5.00. The summed E-state index contributed by atoms with van der Waals surface area (Å²) in [6.45, 7) is 3.85. The second-order valence-corrected chi connectivity index (χ2v) is 12.9. The van der Waals surface area contributed by atoms with Crippen LogP contribution >= 0.6 is 15.6 Å². The molecule has 4 aromatic rings. The SMILES string of the molecule is CCn1cnc2c(=O)[nH]c(N)nc21.CO.CO.F[P-](F)(F)(F)(F)F.F[P-](F)(F)(F)(F)F.NCCN.[Ru+4].c1ccc2c(c1)Cc1ccccc1C2. The number of imidazole rings is 1.